The van der Waals surface area contributed by atoms with Gasteiger partial charge >= 0.3 is 23.1 Å². The topological polar surface area (TPSA) is 9.23 Å². The molecule has 1 heterocycles. The van der Waals surface area contributed by atoms with E-state index in [2.05, 4.69) is 6.07 Å². The first kappa shape index (κ1) is 16.0. The summed E-state index contributed by atoms with van der Waals surface area (Å²) >= 11 is 0. The van der Waals surface area contributed by atoms with Gasteiger partial charge < -0.3 is 4.74 Å². The fraction of sp³-hybridized carbons (Fsp3) is 0.111. The summed E-state index contributed by atoms with van der Waals surface area (Å²) in [5.74, 6) is 0.991. The molecule has 1 aliphatic rings. The SMILES string of the molecule is C1=COc2ccccc2C1.[Co].[Fe].[MgH2]. The molecule has 1 nitrogen and oxygen atoms in total. The van der Waals surface area contributed by atoms with Crippen LogP contribution in [0.3, 0.4) is 0 Å². The third-order valence-electron chi connectivity index (χ3n) is 1.60. The number of ether oxygens (including phenoxy) is 1. The van der Waals surface area contributed by atoms with Crippen LogP contribution in [-0.2, 0) is 40.3 Å². The van der Waals surface area contributed by atoms with E-state index in [-0.39, 0.29) is 56.9 Å². The Bertz CT molecular complexity index is 251. The maximum Gasteiger partial charge on any atom is 0.316 e. The molecular weight excluding hydrogens is 263 g/mol. The molecule has 1 aromatic carbocycles. The van der Waals surface area contributed by atoms with E-state index in [1.165, 1.54) is 5.56 Å². The summed E-state index contributed by atoms with van der Waals surface area (Å²) in [5, 5.41) is 0. The molecule has 0 amide bonds. The quantitative estimate of drug-likeness (QED) is 0.646. The van der Waals surface area contributed by atoms with Crippen molar-refractivity contribution < 1.29 is 38.6 Å². The summed E-state index contributed by atoms with van der Waals surface area (Å²) in [6.07, 6.45) is 4.75. The summed E-state index contributed by atoms with van der Waals surface area (Å²) in [7, 11) is 0. The summed E-state index contributed by atoms with van der Waals surface area (Å²) in [6.45, 7) is 0. The molecule has 0 saturated carbocycles. The summed E-state index contributed by atoms with van der Waals surface area (Å²) in [6, 6.07) is 8.08. The Labute approximate surface area is 115 Å². The van der Waals surface area contributed by atoms with Crippen LogP contribution in [0.25, 0.3) is 0 Å². The number of allylic oxidation sites excluding steroid dienone is 1. The van der Waals surface area contributed by atoms with Gasteiger partial charge in [-0.05, 0) is 24.1 Å². The van der Waals surface area contributed by atoms with Crippen LogP contribution in [0.15, 0.2) is 36.6 Å². The van der Waals surface area contributed by atoms with Gasteiger partial charge in [-0.25, -0.2) is 0 Å². The van der Waals surface area contributed by atoms with Crippen LogP contribution < -0.4 is 4.74 Å². The van der Waals surface area contributed by atoms with Gasteiger partial charge in [-0.1, -0.05) is 18.2 Å². The molecule has 0 unspecified atom stereocenters. The zero-order valence-corrected chi connectivity index (χ0v) is 8.41. The van der Waals surface area contributed by atoms with Crippen LogP contribution >= 0.6 is 0 Å². The van der Waals surface area contributed by atoms with Gasteiger partial charge in [0.15, 0.2) is 0 Å². The zero-order chi connectivity index (χ0) is 6.81. The molecule has 4 heteroatoms. The maximum atomic E-state index is 5.24. The normalized spacial score (nSPS) is 10.8. The molecular formula is C9H10CoFeMgO. The fourth-order valence-electron chi connectivity index (χ4n) is 1.08. The number of para-hydroxylation sites is 1. The van der Waals surface area contributed by atoms with Crippen molar-refractivity contribution in [2.24, 2.45) is 0 Å². The molecule has 0 saturated heterocycles. The monoisotopic (exact) mass is 273 g/mol. The maximum absolute atomic E-state index is 5.24. The van der Waals surface area contributed by atoms with Gasteiger partial charge in [-0.2, -0.15) is 0 Å². The molecule has 1 radical (unpaired) electrons. The van der Waals surface area contributed by atoms with E-state index in [1.807, 2.05) is 24.3 Å². The first-order chi connectivity index (χ1) is 4.97. The van der Waals surface area contributed by atoms with Gasteiger partial charge in [0.05, 0.1) is 6.26 Å². The van der Waals surface area contributed by atoms with Gasteiger partial charge in [0.2, 0.25) is 0 Å². The molecule has 0 fully saturated rings. The van der Waals surface area contributed by atoms with Crippen molar-refractivity contribution in [3.05, 3.63) is 42.2 Å². The number of rotatable bonds is 0. The van der Waals surface area contributed by atoms with Crippen LogP contribution in [0.5, 0.6) is 5.75 Å². The predicted octanol–water partition coefficient (Wildman–Crippen LogP) is 1.21. The predicted molar refractivity (Wildman–Crippen MR) is 48.5 cm³/mol. The standard InChI is InChI=1S/C9H8O.Co.Fe.Mg.2H/c1-2-6-9-8(4-1)5-3-7-10-9;;;;;/h1-4,6-7H,5H2;;;;;. The first-order valence-corrected chi connectivity index (χ1v) is 3.36. The second kappa shape index (κ2) is 7.91. The number of hydrogen-bond acceptors (Lipinski definition) is 1. The van der Waals surface area contributed by atoms with Crippen LogP contribution in [-0.4, -0.2) is 23.1 Å². The Morgan fingerprint density at radius 3 is 2.54 bits per heavy atom. The number of benzene rings is 1. The molecule has 0 aliphatic carbocycles. The molecule has 1 aliphatic heterocycles. The molecule has 0 bridgehead atoms. The Hall–Kier alpha value is 0.552. The molecule has 0 aromatic heterocycles. The van der Waals surface area contributed by atoms with Crippen LogP contribution in [0, 0.1) is 0 Å². The van der Waals surface area contributed by atoms with E-state index in [9.17, 15) is 0 Å². The van der Waals surface area contributed by atoms with Crippen LogP contribution in [0.1, 0.15) is 5.56 Å². The van der Waals surface area contributed by atoms with Gasteiger partial charge in [0.1, 0.15) is 5.75 Å². The average Bonchev–Trinajstić information content (AvgIpc) is 2.05. The summed E-state index contributed by atoms with van der Waals surface area (Å²) in [4.78, 5) is 0. The summed E-state index contributed by atoms with van der Waals surface area (Å²) in [5.41, 5.74) is 1.27. The van der Waals surface area contributed by atoms with Crippen molar-refractivity contribution >= 4 is 23.1 Å². The smallest absolute Gasteiger partial charge is 0.316 e. The third kappa shape index (κ3) is 4.06. The van der Waals surface area contributed by atoms with E-state index in [1.54, 1.807) is 6.26 Å². The van der Waals surface area contributed by atoms with Crippen molar-refractivity contribution in [2.75, 3.05) is 0 Å². The zero-order valence-electron chi connectivity index (χ0n) is 6.27. The van der Waals surface area contributed by atoms with E-state index in [0.29, 0.717) is 0 Å². The van der Waals surface area contributed by atoms with Crippen molar-refractivity contribution in [3.63, 3.8) is 0 Å². The Balaban J connectivity index is 0. The van der Waals surface area contributed by atoms with Gasteiger partial charge in [-0.3, -0.25) is 0 Å². The summed E-state index contributed by atoms with van der Waals surface area (Å²) < 4.78 is 5.24. The average molecular weight is 273 g/mol. The molecule has 1 aromatic rings. The largest absolute Gasteiger partial charge is 0.465 e. The first-order valence-electron chi connectivity index (χ1n) is 3.36. The van der Waals surface area contributed by atoms with Crippen molar-refractivity contribution in [2.45, 2.75) is 6.42 Å². The minimum Gasteiger partial charge on any atom is -0.465 e. The molecule has 2 rings (SSSR count). The van der Waals surface area contributed by atoms with E-state index < -0.39 is 0 Å². The number of hydrogen-bond donors (Lipinski definition) is 0. The van der Waals surface area contributed by atoms with Crippen LogP contribution in [0.4, 0.5) is 0 Å². The van der Waals surface area contributed by atoms with E-state index >= 15 is 0 Å². The Morgan fingerprint density at radius 2 is 1.85 bits per heavy atom. The second-order valence-corrected chi connectivity index (χ2v) is 2.30. The molecule has 71 valence electrons. The third-order valence-corrected chi connectivity index (χ3v) is 1.60. The van der Waals surface area contributed by atoms with Crippen molar-refractivity contribution in [3.8, 4) is 5.75 Å². The van der Waals surface area contributed by atoms with Gasteiger partial charge in [0.25, 0.3) is 0 Å². The van der Waals surface area contributed by atoms with Crippen molar-refractivity contribution in [1.82, 2.24) is 0 Å². The van der Waals surface area contributed by atoms with Crippen LogP contribution in [0.2, 0.25) is 0 Å². The molecule has 0 atom stereocenters. The number of fused-ring (bicyclic) bond motifs is 1. The Morgan fingerprint density at radius 1 is 1.15 bits per heavy atom. The van der Waals surface area contributed by atoms with Crippen molar-refractivity contribution in [1.29, 1.82) is 0 Å². The molecule has 0 spiro atoms. The van der Waals surface area contributed by atoms with Gasteiger partial charge in [-0.15, -0.1) is 0 Å². The fourth-order valence-corrected chi connectivity index (χ4v) is 1.08. The minimum absolute atomic E-state index is 0. The molecule has 13 heavy (non-hydrogen) atoms. The van der Waals surface area contributed by atoms with E-state index in [0.717, 1.165) is 12.2 Å². The van der Waals surface area contributed by atoms with Gasteiger partial charge in [0, 0.05) is 33.8 Å². The van der Waals surface area contributed by atoms with E-state index in [4.69, 9.17) is 4.74 Å². The minimum atomic E-state index is 0. The second-order valence-electron chi connectivity index (χ2n) is 2.30. The molecule has 0 N–H and O–H groups in total. The Kier molecular flexibility index (Phi) is 9.74.